The summed E-state index contributed by atoms with van der Waals surface area (Å²) in [6.07, 6.45) is 0. The van der Waals surface area contributed by atoms with Crippen LogP contribution >= 0.6 is 0 Å². The van der Waals surface area contributed by atoms with Crippen LogP contribution in [0, 0.1) is 0 Å². The van der Waals surface area contributed by atoms with Crippen molar-refractivity contribution >= 4 is 75.9 Å². The van der Waals surface area contributed by atoms with Crippen LogP contribution in [0.4, 0.5) is 0 Å². The summed E-state index contributed by atoms with van der Waals surface area (Å²) in [4.78, 5) is 0. The van der Waals surface area contributed by atoms with Crippen LogP contribution in [-0.2, 0) is 0 Å². The van der Waals surface area contributed by atoms with Gasteiger partial charge in [-0.05, 0) is 76.1 Å². The van der Waals surface area contributed by atoms with Gasteiger partial charge in [0.1, 0.15) is 11.4 Å². The van der Waals surface area contributed by atoms with Crippen molar-refractivity contribution < 1.29 is 0 Å². The van der Waals surface area contributed by atoms with Crippen LogP contribution in [0.2, 0.25) is 0 Å². The van der Waals surface area contributed by atoms with Gasteiger partial charge < -0.3 is 9.13 Å². The monoisotopic (exact) mass is 712 g/mol. The fraction of sp³-hybridized carbons (Fsp3) is 0. The summed E-state index contributed by atoms with van der Waals surface area (Å²) in [5.41, 5.74) is 10.7. The molecule has 0 radical (unpaired) electrons. The lowest BCUT2D eigenvalue weighted by Crippen LogP contribution is -1.99. The molecular formula is C52H32N4. The highest BCUT2D eigenvalue weighted by Crippen LogP contribution is 2.41. The SMILES string of the molecule is c1ccc(-n2c3ccccc3c3ccc(-c4nnc(-c5cc(-n6c7ccccc7c7cc8ccccc8cc76)cc6ccccc56)c5ccccc45)cc32)cc1. The van der Waals surface area contributed by atoms with Gasteiger partial charge >= 0.3 is 0 Å². The minimum atomic E-state index is 0.867. The van der Waals surface area contributed by atoms with Crippen LogP contribution < -0.4 is 0 Å². The first kappa shape index (κ1) is 30.9. The van der Waals surface area contributed by atoms with Gasteiger partial charge in [0.25, 0.3) is 0 Å². The Morgan fingerprint density at radius 3 is 1.55 bits per heavy atom. The largest absolute Gasteiger partial charge is 0.309 e. The average Bonchev–Trinajstić information content (AvgIpc) is 3.77. The van der Waals surface area contributed by atoms with Crippen LogP contribution in [0.3, 0.4) is 0 Å². The molecule has 0 aliphatic rings. The number of hydrogen-bond donors (Lipinski definition) is 0. The molecule has 56 heavy (non-hydrogen) atoms. The number of aromatic nitrogens is 4. The smallest absolute Gasteiger partial charge is 0.101 e. The van der Waals surface area contributed by atoms with E-state index in [1.54, 1.807) is 0 Å². The number of nitrogens with zero attached hydrogens (tertiary/aromatic N) is 4. The number of fused-ring (bicyclic) bond motifs is 9. The van der Waals surface area contributed by atoms with Crippen LogP contribution in [0.5, 0.6) is 0 Å². The van der Waals surface area contributed by atoms with E-state index < -0.39 is 0 Å². The lowest BCUT2D eigenvalue weighted by Gasteiger charge is -2.15. The van der Waals surface area contributed by atoms with Crippen molar-refractivity contribution in [3.8, 4) is 33.9 Å². The fourth-order valence-corrected chi connectivity index (χ4v) is 9.04. The zero-order valence-electron chi connectivity index (χ0n) is 30.3. The van der Waals surface area contributed by atoms with Crippen molar-refractivity contribution in [2.45, 2.75) is 0 Å². The van der Waals surface area contributed by atoms with Gasteiger partial charge in [0, 0.05) is 54.8 Å². The molecule has 9 aromatic carbocycles. The molecule has 3 heterocycles. The van der Waals surface area contributed by atoms with E-state index in [0.717, 1.165) is 61.0 Å². The average molecular weight is 713 g/mol. The zero-order valence-corrected chi connectivity index (χ0v) is 30.3. The third-order valence-corrected chi connectivity index (χ3v) is 11.5. The van der Waals surface area contributed by atoms with Crippen LogP contribution in [0.15, 0.2) is 194 Å². The summed E-state index contributed by atoms with van der Waals surface area (Å²) in [6.45, 7) is 0. The van der Waals surface area contributed by atoms with E-state index >= 15 is 0 Å². The van der Waals surface area contributed by atoms with Crippen LogP contribution in [0.1, 0.15) is 0 Å². The van der Waals surface area contributed by atoms with Crippen molar-refractivity contribution in [1.82, 2.24) is 19.3 Å². The molecule has 0 amide bonds. The highest BCUT2D eigenvalue weighted by atomic mass is 15.1. The summed E-state index contributed by atoms with van der Waals surface area (Å²) in [5.74, 6) is 0. The van der Waals surface area contributed by atoms with Crippen LogP contribution in [0.25, 0.3) is 110 Å². The maximum atomic E-state index is 5.13. The number of para-hydroxylation sites is 3. The molecule has 4 heteroatoms. The molecule has 0 atom stereocenters. The molecule has 0 unspecified atom stereocenters. The first-order valence-electron chi connectivity index (χ1n) is 19.1. The van der Waals surface area contributed by atoms with Gasteiger partial charge in [-0.1, -0.05) is 140 Å². The molecule has 0 spiro atoms. The molecule has 12 aromatic rings. The van der Waals surface area contributed by atoms with Gasteiger partial charge in [0.15, 0.2) is 0 Å². The van der Waals surface area contributed by atoms with Gasteiger partial charge in [-0.15, -0.1) is 10.2 Å². The Kier molecular flexibility index (Phi) is 6.60. The van der Waals surface area contributed by atoms with E-state index in [0.29, 0.717) is 0 Å². The van der Waals surface area contributed by atoms with Gasteiger partial charge in [-0.2, -0.15) is 0 Å². The van der Waals surface area contributed by atoms with Crippen LogP contribution in [-0.4, -0.2) is 19.3 Å². The van der Waals surface area contributed by atoms with E-state index in [1.807, 2.05) is 0 Å². The molecule has 4 nitrogen and oxygen atoms in total. The highest BCUT2D eigenvalue weighted by molar-refractivity contribution is 6.15. The minimum Gasteiger partial charge on any atom is -0.309 e. The maximum Gasteiger partial charge on any atom is 0.101 e. The van der Waals surface area contributed by atoms with Crippen molar-refractivity contribution in [2.24, 2.45) is 0 Å². The third-order valence-electron chi connectivity index (χ3n) is 11.5. The molecule has 0 N–H and O–H groups in total. The summed E-state index contributed by atoms with van der Waals surface area (Å²) in [6, 6.07) is 69.8. The lowest BCUT2D eigenvalue weighted by atomic mass is 9.96. The quantitative estimate of drug-likeness (QED) is 0.182. The normalized spacial score (nSPS) is 11.9. The standard InChI is InChI=1S/C52H32N4/c1-2-17-37(18-3-1)55-47-24-12-10-20-40(47)42-27-26-36(31-49(42)55)51-43-22-8-9-23-44(43)52(54-53-51)46-32-38(28-35-16-6-7-19-39(35)46)56-48-25-13-11-21-41(48)45-29-33-14-4-5-15-34(33)30-50(45)56/h1-32H. The molecule has 0 bridgehead atoms. The number of rotatable bonds is 4. The highest BCUT2D eigenvalue weighted by Gasteiger charge is 2.20. The van der Waals surface area contributed by atoms with Gasteiger partial charge in [0.05, 0.1) is 22.1 Å². The second kappa shape index (κ2) is 12.0. The molecule has 12 rings (SSSR count). The Hall–Kier alpha value is -7.56. The van der Waals surface area contributed by atoms with Crippen molar-refractivity contribution in [1.29, 1.82) is 0 Å². The second-order valence-corrected chi connectivity index (χ2v) is 14.6. The fourth-order valence-electron chi connectivity index (χ4n) is 9.04. The van der Waals surface area contributed by atoms with E-state index in [4.69, 9.17) is 10.2 Å². The van der Waals surface area contributed by atoms with Crippen molar-refractivity contribution in [3.05, 3.63) is 194 Å². The van der Waals surface area contributed by atoms with Gasteiger partial charge in [0.2, 0.25) is 0 Å². The summed E-state index contributed by atoms with van der Waals surface area (Å²) in [5, 5.41) is 22.0. The second-order valence-electron chi connectivity index (χ2n) is 14.6. The zero-order chi connectivity index (χ0) is 36.7. The Balaban J connectivity index is 1.09. The Labute approximate surface area is 322 Å². The predicted molar refractivity (Wildman–Crippen MR) is 234 cm³/mol. The first-order chi connectivity index (χ1) is 27.8. The van der Waals surface area contributed by atoms with E-state index in [9.17, 15) is 0 Å². The number of hydrogen-bond acceptors (Lipinski definition) is 2. The molecule has 3 aromatic heterocycles. The Bertz CT molecular complexity index is 3540. The van der Waals surface area contributed by atoms with Gasteiger partial charge in [-0.3, -0.25) is 0 Å². The Morgan fingerprint density at radius 2 is 0.804 bits per heavy atom. The Morgan fingerprint density at radius 1 is 0.286 bits per heavy atom. The van der Waals surface area contributed by atoms with Crippen molar-refractivity contribution in [2.75, 3.05) is 0 Å². The molecule has 0 saturated carbocycles. The third kappa shape index (κ3) is 4.53. The summed E-state index contributed by atoms with van der Waals surface area (Å²) >= 11 is 0. The number of benzene rings is 9. The molecular weight excluding hydrogens is 681 g/mol. The van der Waals surface area contributed by atoms with E-state index in [-0.39, 0.29) is 0 Å². The molecule has 260 valence electrons. The molecule has 0 aliphatic carbocycles. The van der Waals surface area contributed by atoms with Gasteiger partial charge in [-0.25, -0.2) is 0 Å². The molecule has 0 fully saturated rings. The predicted octanol–water partition coefficient (Wildman–Crippen LogP) is 13.5. The first-order valence-corrected chi connectivity index (χ1v) is 19.1. The lowest BCUT2D eigenvalue weighted by molar-refractivity contribution is 1.06. The van der Waals surface area contributed by atoms with E-state index in [1.165, 1.54) is 48.9 Å². The minimum absolute atomic E-state index is 0.867. The molecule has 0 saturated heterocycles. The van der Waals surface area contributed by atoms with Crippen molar-refractivity contribution in [3.63, 3.8) is 0 Å². The summed E-state index contributed by atoms with van der Waals surface area (Å²) < 4.78 is 4.77. The van der Waals surface area contributed by atoms with E-state index in [2.05, 4.69) is 203 Å². The maximum absolute atomic E-state index is 5.13. The topological polar surface area (TPSA) is 35.6 Å². The molecule has 0 aliphatic heterocycles. The summed E-state index contributed by atoms with van der Waals surface area (Å²) in [7, 11) is 0.